The van der Waals surface area contributed by atoms with Crippen molar-refractivity contribution >= 4 is 52.7 Å². The second-order valence-corrected chi connectivity index (χ2v) is 24.7. The molecule has 0 spiro atoms. The number of likely N-dealkylation sites (N-methyl/N-ethyl adjacent to an activating group) is 2. The predicted octanol–water partition coefficient (Wildman–Crippen LogP) is 12.8. The van der Waals surface area contributed by atoms with E-state index in [1.807, 2.05) is 39.0 Å². The zero-order valence-corrected chi connectivity index (χ0v) is 52.8. The molecule has 19 nitrogen and oxygen atoms in total. The fourth-order valence-corrected chi connectivity index (χ4v) is 12.1. The van der Waals surface area contributed by atoms with Gasteiger partial charge in [-0.3, -0.25) is 24.0 Å². The highest BCUT2D eigenvalue weighted by molar-refractivity contribution is 5.94. The lowest BCUT2D eigenvalue weighted by atomic mass is 9.51. The zero-order valence-electron chi connectivity index (χ0n) is 52.8. The SMILES string of the molecule is CCCCCCCCC(=O)Nc1ccc2c(c1)C1(CCC(=O)N(C)CCOCCOCCN(C)C(=O)[C@@H]3C[C@H](N=[N+]=[N-])CN3)c3cc(NC(=O)CCCCCCCC)ccc3C2c2ccc(NC(=O)CCCCCCCNC(=O)OC(C)(C)C)cc21. The van der Waals surface area contributed by atoms with Gasteiger partial charge in [-0.15, -0.1) is 0 Å². The number of benzene rings is 3. The quantitative estimate of drug-likeness (QED) is 0.0156. The fourth-order valence-electron chi connectivity index (χ4n) is 12.1. The van der Waals surface area contributed by atoms with Crippen molar-refractivity contribution in [2.45, 2.75) is 211 Å². The van der Waals surface area contributed by atoms with Gasteiger partial charge in [0.2, 0.25) is 29.5 Å². The molecule has 0 unspecified atom stereocenters. The second kappa shape index (κ2) is 35.3. The number of azide groups is 1. The lowest BCUT2D eigenvalue weighted by molar-refractivity contribution is -0.133. The highest BCUT2D eigenvalue weighted by Crippen LogP contribution is 2.62. The average molecular weight is 1190 g/mol. The monoisotopic (exact) mass is 1190 g/mol. The number of nitrogens with zero attached hydrogens (tertiary/aromatic N) is 5. The van der Waals surface area contributed by atoms with Crippen molar-refractivity contribution in [2.75, 3.05) is 82.7 Å². The Morgan fingerprint density at radius 3 is 1.51 bits per heavy atom. The first-order chi connectivity index (χ1) is 41.5. The number of anilines is 3. The molecule has 472 valence electrons. The number of nitrogens with one attached hydrogen (secondary N) is 5. The summed E-state index contributed by atoms with van der Waals surface area (Å²) in [5.41, 5.74) is 15.4. The van der Waals surface area contributed by atoms with Crippen molar-refractivity contribution in [1.82, 2.24) is 20.4 Å². The van der Waals surface area contributed by atoms with Crippen LogP contribution in [-0.2, 0) is 43.6 Å². The largest absolute Gasteiger partial charge is 0.444 e. The van der Waals surface area contributed by atoms with Crippen molar-refractivity contribution in [3.63, 3.8) is 0 Å². The fraction of sp³-hybridized carbons (Fsp3) is 0.642. The Morgan fingerprint density at radius 2 is 1.06 bits per heavy atom. The van der Waals surface area contributed by atoms with Crippen LogP contribution < -0.4 is 26.6 Å². The molecule has 2 bridgehead atoms. The molecule has 7 rings (SSSR count). The van der Waals surface area contributed by atoms with Crippen LogP contribution in [0.25, 0.3) is 10.4 Å². The first kappa shape index (κ1) is 68.6. The molecule has 1 heterocycles. The Bertz CT molecular complexity index is 2680. The predicted molar refractivity (Wildman–Crippen MR) is 339 cm³/mol. The van der Waals surface area contributed by atoms with Crippen LogP contribution in [0.5, 0.6) is 0 Å². The Kier molecular flexibility index (Phi) is 28.2. The Balaban J connectivity index is 1.19. The maximum Gasteiger partial charge on any atom is 0.407 e. The van der Waals surface area contributed by atoms with E-state index in [1.165, 1.54) is 25.7 Å². The summed E-state index contributed by atoms with van der Waals surface area (Å²) >= 11 is 0. The summed E-state index contributed by atoms with van der Waals surface area (Å²) < 4.78 is 17.1. The third-order valence-electron chi connectivity index (χ3n) is 16.7. The summed E-state index contributed by atoms with van der Waals surface area (Å²) in [6.07, 6.45) is 18.8. The lowest BCUT2D eigenvalue weighted by Crippen LogP contribution is -2.43. The van der Waals surface area contributed by atoms with Crippen LogP contribution in [0.15, 0.2) is 59.7 Å². The maximum absolute atomic E-state index is 14.5. The summed E-state index contributed by atoms with van der Waals surface area (Å²) in [5.74, 6) is -0.534. The van der Waals surface area contributed by atoms with Gasteiger partial charge in [0.1, 0.15) is 5.60 Å². The molecule has 4 aliphatic rings. The van der Waals surface area contributed by atoms with Crippen molar-refractivity contribution in [3.8, 4) is 0 Å². The van der Waals surface area contributed by atoms with E-state index < -0.39 is 23.2 Å². The Labute approximate surface area is 511 Å². The number of rotatable bonds is 39. The normalized spacial score (nSPS) is 17.1. The van der Waals surface area contributed by atoms with E-state index in [-0.39, 0.29) is 54.5 Å². The molecule has 86 heavy (non-hydrogen) atoms. The molecule has 6 amide bonds. The van der Waals surface area contributed by atoms with E-state index in [1.54, 1.807) is 23.9 Å². The summed E-state index contributed by atoms with van der Waals surface area (Å²) in [7, 11) is 3.50. The molecule has 0 radical (unpaired) electrons. The van der Waals surface area contributed by atoms with Crippen LogP contribution in [0.4, 0.5) is 21.9 Å². The van der Waals surface area contributed by atoms with Crippen molar-refractivity contribution in [2.24, 2.45) is 5.11 Å². The van der Waals surface area contributed by atoms with Gasteiger partial charge >= 0.3 is 6.09 Å². The average Bonchev–Trinajstić information content (AvgIpc) is 0.808. The van der Waals surface area contributed by atoms with Crippen LogP contribution in [0, 0.1) is 0 Å². The number of carbonyl (C=O) groups is 6. The topological polar surface area (TPSA) is 246 Å². The van der Waals surface area contributed by atoms with E-state index in [4.69, 9.17) is 19.7 Å². The zero-order chi connectivity index (χ0) is 61.9. The van der Waals surface area contributed by atoms with Gasteiger partial charge in [0.25, 0.3) is 0 Å². The van der Waals surface area contributed by atoms with E-state index in [9.17, 15) is 28.8 Å². The standard InChI is InChI=1S/C67H100N10O9/c1-8-10-12-14-17-21-25-59(78)71-48-28-31-52-55(43-48)67(35-34-62(81)76(6)37-39-84-41-42-85-40-38-77(7)64(82)58-46-51(47-70-58)74-75-68)56-44-49(72-60(79)26-22-18-15-13-11-9-2)29-32-53(56)63(52)54-33-30-50(45-57(54)67)73-61(80)27-23-19-16-20-24-36-69-65(83)86-66(3,4)5/h28-33,43-45,51,58,63,70H,8-27,34-42,46-47H2,1-7H3,(H,69,83)(H,71,78)(H,72,79)(H,73,80)/t51-,58-,63?,67?/m0/s1. The Hall–Kier alpha value is -6.53. The smallest absolute Gasteiger partial charge is 0.407 e. The minimum Gasteiger partial charge on any atom is -0.444 e. The summed E-state index contributed by atoms with van der Waals surface area (Å²) in [5, 5.41) is 19.3. The van der Waals surface area contributed by atoms with Gasteiger partial charge in [-0.05, 0) is 135 Å². The molecule has 3 aromatic carbocycles. The van der Waals surface area contributed by atoms with Crippen LogP contribution in [0.2, 0.25) is 0 Å². The summed E-state index contributed by atoms with van der Waals surface area (Å²) in [4.78, 5) is 86.6. The van der Waals surface area contributed by atoms with E-state index in [2.05, 4.69) is 86.9 Å². The number of unbranched alkanes of at least 4 members (excludes halogenated alkanes) is 14. The third kappa shape index (κ3) is 20.8. The number of amides is 6. The molecule has 0 saturated carbocycles. The number of carbonyl (C=O) groups excluding carboxylic acids is 6. The number of hydrogen-bond acceptors (Lipinski definition) is 11. The van der Waals surface area contributed by atoms with Gasteiger partial charge < -0.3 is 50.6 Å². The number of hydrogen-bond donors (Lipinski definition) is 5. The van der Waals surface area contributed by atoms with Gasteiger partial charge in [0, 0.05) is 99.3 Å². The molecular formula is C67H100N10O9. The van der Waals surface area contributed by atoms with Gasteiger partial charge in [-0.25, -0.2) is 4.79 Å². The van der Waals surface area contributed by atoms with Gasteiger partial charge in [-0.1, -0.05) is 121 Å². The molecule has 0 aromatic heterocycles. The maximum atomic E-state index is 14.5. The van der Waals surface area contributed by atoms with Crippen molar-refractivity contribution in [3.05, 3.63) is 98.4 Å². The first-order valence-corrected chi connectivity index (χ1v) is 32.2. The van der Waals surface area contributed by atoms with E-state index in [0.717, 1.165) is 110 Å². The minimum absolute atomic E-state index is 0.0440. The molecule has 1 aliphatic heterocycles. The molecule has 5 N–H and O–H groups in total. The molecule has 3 aromatic rings. The molecule has 3 aliphatic carbocycles. The van der Waals surface area contributed by atoms with E-state index in [0.29, 0.717) is 102 Å². The van der Waals surface area contributed by atoms with Crippen LogP contribution in [0.1, 0.15) is 222 Å². The van der Waals surface area contributed by atoms with Crippen molar-refractivity contribution < 1.29 is 43.0 Å². The second-order valence-electron chi connectivity index (χ2n) is 24.7. The number of ether oxygens (including phenoxy) is 3. The van der Waals surface area contributed by atoms with Crippen LogP contribution >= 0.6 is 0 Å². The molecule has 19 heteroatoms. The first-order valence-electron chi connectivity index (χ1n) is 32.2. The van der Waals surface area contributed by atoms with Gasteiger partial charge in [-0.2, -0.15) is 0 Å². The molecule has 1 saturated heterocycles. The molecule has 2 atom stereocenters. The minimum atomic E-state index is -0.946. The van der Waals surface area contributed by atoms with Crippen molar-refractivity contribution in [1.29, 1.82) is 0 Å². The van der Waals surface area contributed by atoms with Gasteiger partial charge in [0.05, 0.1) is 38.5 Å². The third-order valence-corrected chi connectivity index (χ3v) is 16.7. The summed E-state index contributed by atoms with van der Waals surface area (Å²) in [6.45, 7) is 12.9. The van der Waals surface area contributed by atoms with Gasteiger partial charge in [0.15, 0.2) is 0 Å². The molecule has 1 fully saturated rings. The highest BCUT2D eigenvalue weighted by atomic mass is 16.6. The summed E-state index contributed by atoms with van der Waals surface area (Å²) in [6, 6.07) is 17.9. The van der Waals surface area contributed by atoms with Crippen LogP contribution in [0.3, 0.4) is 0 Å². The lowest BCUT2D eigenvalue weighted by Gasteiger charge is -2.51. The Morgan fingerprint density at radius 1 is 0.616 bits per heavy atom. The molecular weight excluding hydrogens is 1090 g/mol. The van der Waals surface area contributed by atoms with E-state index >= 15 is 0 Å². The van der Waals surface area contributed by atoms with Crippen LogP contribution in [-0.4, -0.2) is 130 Å². The highest BCUT2D eigenvalue weighted by Gasteiger charge is 2.52. The number of alkyl carbamates (subject to hydrolysis) is 1.